The van der Waals surface area contributed by atoms with Crippen molar-refractivity contribution in [3.05, 3.63) is 47.1 Å². The zero-order valence-electron chi connectivity index (χ0n) is 15.4. The number of morpholine rings is 1. The first kappa shape index (κ1) is 19.1. The van der Waals surface area contributed by atoms with Crippen LogP contribution in [0.2, 0.25) is 5.02 Å². The molecule has 1 aromatic heterocycles. The molecule has 0 aliphatic carbocycles. The predicted molar refractivity (Wildman–Crippen MR) is 109 cm³/mol. The van der Waals surface area contributed by atoms with Crippen molar-refractivity contribution in [1.29, 1.82) is 0 Å². The number of ether oxygens (including phenoxy) is 1. The number of anilines is 3. The van der Waals surface area contributed by atoms with Crippen molar-refractivity contribution in [2.24, 2.45) is 0 Å². The summed E-state index contributed by atoms with van der Waals surface area (Å²) in [6.07, 6.45) is 4.75. The van der Waals surface area contributed by atoms with Gasteiger partial charge in [-0.05, 0) is 17.7 Å². The van der Waals surface area contributed by atoms with Crippen molar-refractivity contribution in [2.45, 2.75) is 0 Å². The second-order valence-electron chi connectivity index (χ2n) is 6.25. The Morgan fingerprint density at radius 1 is 1.30 bits per heavy atom. The number of hydrogen-bond acceptors (Lipinski definition) is 6. The maximum atomic E-state index is 12.3. The SMILES string of the molecule is CN(C)c1nc(N2CCOCC2)ncc1NC(=O)/C=C/c1ccccc1Cl. The van der Waals surface area contributed by atoms with Gasteiger partial charge in [-0.3, -0.25) is 4.79 Å². The van der Waals surface area contributed by atoms with E-state index in [2.05, 4.69) is 20.2 Å². The number of nitrogens with one attached hydrogen (secondary N) is 1. The number of carbonyl (C=O) groups excluding carboxylic acids is 1. The topological polar surface area (TPSA) is 70.6 Å². The number of nitrogens with zero attached hydrogens (tertiary/aromatic N) is 4. The summed E-state index contributed by atoms with van der Waals surface area (Å²) < 4.78 is 5.37. The van der Waals surface area contributed by atoms with E-state index in [4.69, 9.17) is 16.3 Å². The fourth-order valence-electron chi connectivity index (χ4n) is 2.66. The van der Waals surface area contributed by atoms with Gasteiger partial charge in [0.15, 0.2) is 5.82 Å². The summed E-state index contributed by atoms with van der Waals surface area (Å²) in [4.78, 5) is 25.2. The van der Waals surface area contributed by atoms with Gasteiger partial charge in [0.05, 0.1) is 19.4 Å². The van der Waals surface area contributed by atoms with Crippen molar-refractivity contribution in [3.63, 3.8) is 0 Å². The fourth-order valence-corrected chi connectivity index (χ4v) is 2.86. The summed E-state index contributed by atoms with van der Waals surface area (Å²) in [5.41, 5.74) is 1.33. The largest absolute Gasteiger partial charge is 0.378 e. The molecule has 7 nitrogen and oxygen atoms in total. The Bertz CT molecular complexity index is 835. The number of amides is 1. The molecule has 0 spiro atoms. The lowest BCUT2D eigenvalue weighted by Crippen LogP contribution is -2.37. The van der Waals surface area contributed by atoms with E-state index in [0.29, 0.717) is 35.7 Å². The van der Waals surface area contributed by atoms with Crippen LogP contribution in [0.4, 0.5) is 17.5 Å². The molecule has 1 aliphatic heterocycles. The highest BCUT2D eigenvalue weighted by atomic mass is 35.5. The van der Waals surface area contributed by atoms with Gasteiger partial charge in [0.2, 0.25) is 11.9 Å². The first-order valence-corrected chi connectivity index (χ1v) is 9.03. The zero-order chi connectivity index (χ0) is 19.2. The average Bonchev–Trinajstić information content (AvgIpc) is 2.68. The third-order valence-corrected chi connectivity index (χ3v) is 4.40. The fraction of sp³-hybridized carbons (Fsp3) is 0.316. The van der Waals surface area contributed by atoms with Crippen molar-refractivity contribution in [2.75, 3.05) is 55.5 Å². The van der Waals surface area contributed by atoms with Gasteiger partial charge in [0, 0.05) is 38.3 Å². The molecule has 2 aromatic rings. The van der Waals surface area contributed by atoms with Crippen molar-refractivity contribution >= 4 is 41.0 Å². The summed E-state index contributed by atoms with van der Waals surface area (Å²) in [5, 5.41) is 3.42. The van der Waals surface area contributed by atoms with Gasteiger partial charge in [-0.2, -0.15) is 4.98 Å². The Morgan fingerprint density at radius 2 is 2.04 bits per heavy atom. The molecule has 27 heavy (non-hydrogen) atoms. The Kier molecular flexibility index (Phi) is 6.26. The van der Waals surface area contributed by atoms with E-state index in [1.807, 2.05) is 37.2 Å². The number of benzene rings is 1. The van der Waals surface area contributed by atoms with Crippen LogP contribution in [0.5, 0.6) is 0 Å². The molecule has 0 unspecified atom stereocenters. The van der Waals surface area contributed by atoms with Crippen LogP contribution in [0.3, 0.4) is 0 Å². The minimum absolute atomic E-state index is 0.277. The number of hydrogen-bond donors (Lipinski definition) is 1. The first-order chi connectivity index (χ1) is 13.0. The number of halogens is 1. The molecule has 1 fully saturated rings. The maximum absolute atomic E-state index is 12.3. The summed E-state index contributed by atoms with van der Waals surface area (Å²) in [6.45, 7) is 2.82. The Hall–Kier alpha value is -2.64. The highest BCUT2D eigenvalue weighted by Gasteiger charge is 2.17. The third-order valence-electron chi connectivity index (χ3n) is 4.05. The normalized spacial score (nSPS) is 14.4. The lowest BCUT2D eigenvalue weighted by Gasteiger charge is -2.28. The van der Waals surface area contributed by atoms with Crippen LogP contribution < -0.4 is 15.1 Å². The van der Waals surface area contributed by atoms with Crippen LogP contribution in [-0.2, 0) is 9.53 Å². The van der Waals surface area contributed by atoms with Gasteiger partial charge in [0.1, 0.15) is 5.69 Å². The molecule has 0 radical (unpaired) electrons. The molecule has 0 bridgehead atoms. The lowest BCUT2D eigenvalue weighted by molar-refractivity contribution is -0.111. The Labute approximate surface area is 163 Å². The van der Waals surface area contributed by atoms with E-state index in [0.717, 1.165) is 18.7 Å². The highest BCUT2D eigenvalue weighted by Crippen LogP contribution is 2.24. The number of carbonyl (C=O) groups is 1. The average molecular weight is 388 g/mol. The van der Waals surface area contributed by atoms with E-state index in [-0.39, 0.29) is 5.91 Å². The van der Waals surface area contributed by atoms with Gasteiger partial charge in [-0.1, -0.05) is 29.8 Å². The van der Waals surface area contributed by atoms with Gasteiger partial charge >= 0.3 is 0 Å². The second-order valence-corrected chi connectivity index (χ2v) is 6.65. The van der Waals surface area contributed by atoms with Crippen LogP contribution >= 0.6 is 11.6 Å². The molecule has 142 valence electrons. The second kappa shape index (κ2) is 8.83. The van der Waals surface area contributed by atoms with Crippen LogP contribution in [0.1, 0.15) is 5.56 Å². The molecule has 8 heteroatoms. The summed E-state index contributed by atoms with van der Waals surface area (Å²) in [7, 11) is 3.75. The van der Waals surface area contributed by atoms with Gasteiger partial charge in [-0.25, -0.2) is 4.98 Å². The molecular weight excluding hydrogens is 366 g/mol. The standard InChI is InChI=1S/C19H22ClN5O2/c1-24(2)18-16(13-21-19(23-18)25-9-11-27-12-10-25)22-17(26)8-7-14-5-3-4-6-15(14)20/h3-8,13H,9-12H2,1-2H3,(H,22,26)/b8-7+. The Morgan fingerprint density at radius 3 is 2.74 bits per heavy atom. The van der Waals surface area contributed by atoms with Crippen LogP contribution in [-0.4, -0.2) is 56.3 Å². The van der Waals surface area contributed by atoms with E-state index < -0.39 is 0 Å². The number of rotatable bonds is 5. The van der Waals surface area contributed by atoms with E-state index >= 15 is 0 Å². The molecule has 0 atom stereocenters. The zero-order valence-corrected chi connectivity index (χ0v) is 16.1. The molecule has 2 heterocycles. The van der Waals surface area contributed by atoms with Crippen molar-refractivity contribution in [1.82, 2.24) is 9.97 Å². The van der Waals surface area contributed by atoms with E-state index in [1.54, 1.807) is 18.3 Å². The molecule has 3 rings (SSSR count). The smallest absolute Gasteiger partial charge is 0.248 e. The molecule has 0 saturated carbocycles. The van der Waals surface area contributed by atoms with Gasteiger partial charge in [0.25, 0.3) is 0 Å². The van der Waals surface area contributed by atoms with Gasteiger partial charge in [-0.15, -0.1) is 0 Å². The van der Waals surface area contributed by atoms with Crippen molar-refractivity contribution in [3.8, 4) is 0 Å². The molecule has 1 amide bonds. The highest BCUT2D eigenvalue weighted by molar-refractivity contribution is 6.32. The van der Waals surface area contributed by atoms with E-state index in [1.165, 1.54) is 6.08 Å². The van der Waals surface area contributed by atoms with Crippen LogP contribution in [0.25, 0.3) is 6.08 Å². The minimum Gasteiger partial charge on any atom is -0.378 e. The predicted octanol–water partition coefficient (Wildman–Crippen LogP) is 2.68. The van der Waals surface area contributed by atoms with Gasteiger partial charge < -0.3 is 19.9 Å². The van der Waals surface area contributed by atoms with Crippen molar-refractivity contribution < 1.29 is 9.53 Å². The maximum Gasteiger partial charge on any atom is 0.248 e. The van der Waals surface area contributed by atoms with Crippen LogP contribution in [0.15, 0.2) is 36.5 Å². The third kappa shape index (κ3) is 4.96. The minimum atomic E-state index is -0.277. The molecule has 1 saturated heterocycles. The monoisotopic (exact) mass is 387 g/mol. The molecule has 1 N–H and O–H groups in total. The molecule has 1 aromatic carbocycles. The molecular formula is C19H22ClN5O2. The Balaban J connectivity index is 1.75. The first-order valence-electron chi connectivity index (χ1n) is 8.65. The van der Waals surface area contributed by atoms with Crippen LogP contribution in [0, 0.1) is 0 Å². The lowest BCUT2D eigenvalue weighted by atomic mass is 10.2. The quantitative estimate of drug-likeness (QED) is 0.795. The number of aromatic nitrogens is 2. The molecule has 1 aliphatic rings. The summed E-state index contributed by atoms with van der Waals surface area (Å²) >= 11 is 6.10. The summed E-state index contributed by atoms with van der Waals surface area (Å²) in [6, 6.07) is 7.33. The summed E-state index contributed by atoms with van der Waals surface area (Å²) in [5.74, 6) is 0.998. The van der Waals surface area contributed by atoms with E-state index in [9.17, 15) is 4.79 Å².